The summed E-state index contributed by atoms with van der Waals surface area (Å²) in [6.07, 6.45) is 3.51. The Morgan fingerprint density at radius 3 is 2.47 bits per heavy atom. The first kappa shape index (κ1) is 24.8. The summed E-state index contributed by atoms with van der Waals surface area (Å²) in [5, 5.41) is 10.2. The highest BCUT2D eigenvalue weighted by Crippen LogP contribution is 2.66. The van der Waals surface area contributed by atoms with E-state index in [2.05, 4.69) is 18.1 Å². The minimum atomic E-state index is -5.74. The van der Waals surface area contributed by atoms with E-state index < -0.39 is 53.7 Å². The first-order chi connectivity index (χ1) is 13.6. The van der Waals surface area contributed by atoms with Gasteiger partial charge in [-0.25, -0.2) is 18.5 Å². The maximum Gasteiger partial charge on any atom is 0.490 e. The van der Waals surface area contributed by atoms with Crippen molar-refractivity contribution in [2.75, 3.05) is 12.3 Å². The second-order valence-corrected chi connectivity index (χ2v) is 10.2. The molecule has 30 heavy (non-hydrogen) atoms. The molecule has 168 valence electrons. The molecule has 5 atom stereocenters. The first-order valence-corrected chi connectivity index (χ1v) is 12.1. The molecule has 0 aliphatic carbocycles. The molecule has 2 rings (SSSR count). The van der Waals surface area contributed by atoms with Gasteiger partial charge in [-0.05, 0) is 6.07 Å². The molecule has 7 N–H and O–H groups in total. The van der Waals surface area contributed by atoms with E-state index in [0.717, 1.165) is 4.57 Å². The van der Waals surface area contributed by atoms with Gasteiger partial charge in [-0.15, -0.1) is 6.42 Å². The lowest BCUT2D eigenvalue weighted by molar-refractivity contribution is -0.0895. The van der Waals surface area contributed by atoms with E-state index in [1.165, 1.54) is 12.3 Å². The molecule has 0 bridgehead atoms. The Labute approximate surface area is 167 Å². The van der Waals surface area contributed by atoms with Gasteiger partial charge in [0.05, 0.1) is 0 Å². The molecule has 1 aromatic rings. The fraction of sp³-hybridized carbons (Fsp3) is 0.455. The molecule has 1 saturated heterocycles. The van der Waals surface area contributed by atoms with Gasteiger partial charge in [0.25, 0.3) is 0 Å². The van der Waals surface area contributed by atoms with Crippen molar-refractivity contribution >= 4 is 29.3 Å². The van der Waals surface area contributed by atoms with Crippen LogP contribution in [0, 0.1) is 12.3 Å². The SMILES string of the molecule is C#C[C@]1(COP(=O)(O)OP(=O)(O)OP(=O)(O)O)O[C@@H](n2ccc(N)nc2=O)C[C@@H]1O. The molecule has 1 aromatic heterocycles. The lowest BCUT2D eigenvalue weighted by Crippen LogP contribution is -2.42. The summed E-state index contributed by atoms with van der Waals surface area (Å²) in [6.45, 7) is -1.10. The summed E-state index contributed by atoms with van der Waals surface area (Å²) in [4.78, 5) is 51.0. The minimum absolute atomic E-state index is 0.0781. The molecule has 0 saturated carbocycles. The number of terminal acetylenes is 1. The van der Waals surface area contributed by atoms with Crippen molar-refractivity contribution in [2.45, 2.75) is 24.4 Å². The molecule has 0 aromatic carbocycles. The Morgan fingerprint density at radius 2 is 1.93 bits per heavy atom. The predicted octanol–water partition coefficient (Wildman–Crippen LogP) is -1.18. The molecule has 0 amide bonds. The van der Waals surface area contributed by atoms with E-state index in [-0.39, 0.29) is 12.2 Å². The average Bonchev–Trinajstić information content (AvgIpc) is 2.86. The molecule has 0 spiro atoms. The van der Waals surface area contributed by atoms with E-state index >= 15 is 0 Å². The third-order valence-electron chi connectivity index (χ3n) is 3.57. The molecule has 2 heterocycles. The number of nitrogens with zero attached hydrogens (tertiary/aromatic N) is 2. The number of ether oxygens (including phenoxy) is 1. The van der Waals surface area contributed by atoms with Gasteiger partial charge in [-0.1, -0.05) is 5.92 Å². The van der Waals surface area contributed by atoms with E-state index in [9.17, 15) is 28.5 Å². The Bertz CT molecular complexity index is 1050. The number of hydrogen-bond donors (Lipinski definition) is 6. The van der Waals surface area contributed by atoms with E-state index in [1.54, 1.807) is 0 Å². The van der Waals surface area contributed by atoms with Gasteiger partial charge in [0, 0.05) is 12.6 Å². The summed E-state index contributed by atoms with van der Waals surface area (Å²) in [5.74, 6) is 1.92. The van der Waals surface area contributed by atoms with Gasteiger partial charge in [0.1, 0.15) is 24.8 Å². The van der Waals surface area contributed by atoms with E-state index in [4.69, 9.17) is 31.6 Å². The van der Waals surface area contributed by atoms with Crippen molar-refractivity contribution in [1.29, 1.82) is 0 Å². The average molecular weight is 491 g/mol. The predicted molar refractivity (Wildman–Crippen MR) is 95.0 cm³/mol. The van der Waals surface area contributed by atoms with Crippen LogP contribution in [-0.2, 0) is 31.6 Å². The van der Waals surface area contributed by atoms with Gasteiger partial charge in [-0.3, -0.25) is 9.09 Å². The maximum atomic E-state index is 11.9. The number of nitrogen functional groups attached to an aromatic ring is 1. The van der Waals surface area contributed by atoms with Crippen molar-refractivity contribution in [3.05, 3.63) is 22.7 Å². The number of rotatable bonds is 8. The summed E-state index contributed by atoms with van der Waals surface area (Å²) in [7, 11) is -16.8. The highest BCUT2D eigenvalue weighted by molar-refractivity contribution is 7.66. The van der Waals surface area contributed by atoms with Crippen LogP contribution in [-0.4, -0.2) is 52.5 Å². The number of anilines is 1. The van der Waals surface area contributed by atoms with Crippen LogP contribution in [0.15, 0.2) is 17.1 Å². The van der Waals surface area contributed by atoms with Crippen molar-refractivity contribution in [3.63, 3.8) is 0 Å². The van der Waals surface area contributed by atoms with Gasteiger partial charge in [-0.2, -0.15) is 13.6 Å². The Hall–Kier alpha value is -1.43. The molecule has 1 fully saturated rings. The molecule has 16 nitrogen and oxygen atoms in total. The van der Waals surface area contributed by atoms with Crippen LogP contribution >= 0.6 is 23.5 Å². The second-order valence-electron chi connectivity index (χ2n) is 5.76. The largest absolute Gasteiger partial charge is 0.490 e. The molecule has 19 heteroatoms. The van der Waals surface area contributed by atoms with Crippen LogP contribution in [0.4, 0.5) is 5.82 Å². The summed E-state index contributed by atoms with van der Waals surface area (Å²) in [6, 6.07) is 1.26. The van der Waals surface area contributed by atoms with Gasteiger partial charge in [0.2, 0.25) is 0 Å². The van der Waals surface area contributed by atoms with Crippen LogP contribution in [0.1, 0.15) is 12.6 Å². The number of aliphatic hydroxyl groups excluding tert-OH is 1. The number of aliphatic hydroxyl groups is 1. The molecular weight excluding hydrogens is 475 g/mol. The van der Waals surface area contributed by atoms with Gasteiger partial charge < -0.3 is 35.2 Å². The monoisotopic (exact) mass is 491 g/mol. The zero-order valence-electron chi connectivity index (χ0n) is 14.6. The standard InChI is InChI=1S/C11H16N3O13P3/c1-2-11(6-24-29(20,21)27-30(22,23)26-28(17,18)19)7(15)5-9(25-11)14-4-3-8(12)13-10(14)16/h1,3-4,7,9,15H,5-6H2,(H,20,21)(H,22,23)(H2,12,13,16)(H2,17,18,19)/t7-,9+,11+/m0/s1. The third-order valence-corrected chi connectivity index (χ3v) is 7.36. The molecule has 1 aliphatic heterocycles. The minimum Gasteiger partial charge on any atom is -0.389 e. The van der Waals surface area contributed by atoms with Crippen LogP contribution in [0.5, 0.6) is 0 Å². The van der Waals surface area contributed by atoms with Crippen molar-refractivity contribution in [3.8, 4) is 12.3 Å². The lowest BCUT2D eigenvalue weighted by atomic mass is 9.99. The molecule has 2 unspecified atom stereocenters. The van der Waals surface area contributed by atoms with Crippen molar-refractivity contribution in [2.24, 2.45) is 0 Å². The quantitative estimate of drug-likeness (QED) is 0.185. The smallest absolute Gasteiger partial charge is 0.389 e. The van der Waals surface area contributed by atoms with Crippen molar-refractivity contribution in [1.82, 2.24) is 9.55 Å². The Kier molecular flexibility index (Phi) is 7.12. The summed E-state index contributed by atoms with van der Waals surface area (Å²) < 4.78 is 51.7. The molecule has 0 radical (unpaired) electrons. The van der Waals surface area contributed by atoms with Crippen LogP contribution < -0.4 is 11.4 Å². The molecule has 1 aliphatic rings. The number of nitrogens with two attached hydrogens (primary N) is 1. The van der Waals surface area contributed by atoms with E-state index in [0.29, 0.717) is 0 Å². The zero-order chi connectivity index (χ0) is 23.0. The fourth-order valence-electron chi connectivity index (χ4n) is 2.35. The zero-order valence-corrected chi connectivity index (χ0v) is 17.3. The topological polar surface area (TPSA) is 250 Å². The Balaban J connectivity index is 2.15. The summed E-state index contributed by atoms with van der Waals surface area (Å²) in [5.41, 5.74) is 2.42. The van der Waals surface area contributed by atoms with Gasteiger partial charge >= 0.3 is 29.2 Å². The maximum absolute atomic E-state index is 11.9. The number of hydrogen-bond acceptors (Lipinski definition) is 11. The Morgan fingerprint density at radius 1 is 1.30 bits per heavy atom. The molecular formula is C11H16N3O13P3. The van der Waals surface area contributed by atoms with Gasteiger partial charge in [0.15, 0.2) is 5.60 Å². The highest BCUT2D eigenvalue weighted by atomic mass is 31.3. The number of phosphoric acid groups is 3. The van der Waals surface area contributed by atoms with Crippen molar-refractivity contribution < 1.29 is 56.3 Å². The first-order valence-electron chi connectivity index (χ1n) is 7.55. The number of aromatic nitrogens is 2. The normalized spacial score (nSPS) is 28.4. The second kappa shape index (κ2) is 8.60. The van der Waals surface area contributed by atoms with Crippen LogP contribution in [0.3, 0.4) is 0 Å². The lowest BCUT2D eigenvalue weighted by Gasteiger charge is -2.27. The number of phosphoric ester groups is 1. The van der Waals surface area contributed by atoms with Crippen LogP contribution in [0.25, 0.3) is 0 Å². The fourth-order valence-corrected chi connectivity index (χ4v) is 5.40. The third kappa shape index (κ3) is 6.29. The highest BCUT2D eigenvalue weighted by Gasteiger charge is 2.50. The van der Waals surface area contributed by atoms with Crippen LogP contribution in [0.2, 0.25) is 0 Å². The summed E-state index contributed by atoms with van der Waals surface area (Å²) >= 11 is 0. The van der Waals surface area contributed by atoms with E-state index in [1.807, 2.05) is 5.92 Å².